The molecular weight excluding hydrogens is 336 g/mol. The minimum atomic E-state index is -0.276. The highest BCUT2D eigenvalue weighted by Crippen LogP contribution is 2.22. The van der Waals surface area contributed by atoms with Crippen LogP contribution in [0.15, 0.2) is 61.1 Å². The molecule has 4 rings (SSSR count). The van der Waals surface area contributed by atoms with Gasteiger partial charge in [-0.25, -0.2) is 4.68 Å². The molecule has 0 aliphatic heterocycles. The molecule has 0 atom stereocenters. The van der Waals surface area contributed by atoms with Crippen LogP contribution in [0.3, 0.4) is 0 Å². The molecule has 3 aromatic heterocycles. The molecule has 0 bridgehead atoms. The molecule has 7 nitrogen and oxygen atoms in total. The predicted octanol–water partition coefficient (Wildman–Crippen LogP) is 3.08. The molecule has 4 aromatic rings. The molecule has 1 amide bonds. The Bertz CT molecular complexity index is 1000. The zero-order valence-electron chi connectivity index (χ0n) is 13.3. The maximum absolute atomic E-state index is 12.7. The van der Waals surface area contributed by atoms with Gasteiger partial charge in [0.15, 0.2) is 5.82 Å². The summed E-state index contributed by atoms with van der Waals surface area (Å²) in [5.41, 5.74) is 1.32. The lowest BCUT2D eigenvalue weighted by molar-refractivity contribution is 0.102. The number of para-hydroxylation sites is 1. The van der Waals surface area contributed by atoms with E-state index in [4.69, 9.17) is 0 Å². The number of benzene rings is 1. The van der Waals surface area contributed by atoms with Crippen molar-refractivity contribution in [2.75, 3.05) is 5.32 Å². The fraction of sp³-hybridized carbons (Fsp3) is 0.0588. The minimum absolute atomic E-state index is 0.276. The second-order valence-corrected chi connectivity index (χ2v) is 6.48. The average molecular weight is 350 g/mol. The van der Waals surface area contributed by atoms with Crippen molar-refractivity contribution in [2.24, 2.45) is 0 Å². The topological polar surface area (TPSA) is 77.6 Å². The number of carbonyl (C=O) groups is 1. The molecule has 0 spiro atoms. The second-order valence-electron chi connectivity index (χ2n) is 5.30. The van der Waals surface area contributed by atoms with Crippen molar-refractivity contribution in [2.45, 2.75) is 6.92 Å². The summed E-state index contributed by atoms with van der Waals surface area (Å²) in [4.78, 5) is 12.7. The van der Waals surface area contributed by atoms with Crippen LogP contribution in [-0.4, -0.2) is 30.5 Å². The second kappa shape index (κ2) is 6.33. The molecule has 8 heteroatoms. The van der Waals surface area contributed by atoms with Gasteiger partial charge < -0.3 is 4.57 Å². The van der Waals surface area contributed by atoms with Gasteiger partial charge in [0, 0.05) is 12.4 Å². The number of hydrogen-bond acceptors (Lipinski definition) is 5. The summed E-state index contributed by atoms with van der Waals surface area (Å²) in [7, 11) is 0. The van der Waals surface area contributed by atoms with Crippen LogP contribution >= 0.6 is 11.3 Å². The van der Waals surface area contributed by atoms with Crippen LogP contribution in [0.5, 0.6) is 0 Å². The first-order valence-corrected chi connectivity index (χ1v) is 8.42. The van der Waals surface area contributed by atoms with Crippen LogP contribution in [-0.2, 0) is 0 Å². The SMILES string of the molecule is Cc1nnc(NC(=O)c2cnn(-c3ccccc3)c2-n2cccc2)s1. The third-order valence-electron chi connectivity index (χ3n) is 3.58. The summed E-state index contributed by atoms with van der Waals surface area (Å²) in [6, 6.07) is 13.5. The molecular formula is C17H14N6OS. The first-order valence-electron chi connectivity index (χ1n) is 7.60. The standard InChI is InChI=1S/C17H14N6OS/c1-12-20-21-17(25-12)19-15(24)14-11-18-23(13-7-3-2-4-8-13)16(14)22-9-5-6-10-22/h2-11H,1H3,(H,19,21,24). The van der Waals surface area contributed by atoms with E-state index in [1.807, 2.05) is 66.3 Å². The number of hydrogen-bond donors (Lipinski definition) is 1. The molecule has 0 saturated heterocycles. The zero-order valence-corrected chi connectivity index (χ0v) is 14.1. The normalized spacial score (nSPS) is 10.8. The molecule has 3 heterocycles. The molecule has 0 aliphatic carbocycles. The smallest absolute Gasteiger partial charge is 0.262 e. The van der Waals surface area contributed by atoms with Gasteiger partial charge in [-0.1, -0.05) is 29.5 Å². The number of nitrogens with zero attached hydrogens (tertiary/aromatic N) is 5. The molecule has 1 aromatic carbocycles. The van der Waals surface area contributed by atoms with Gasteiger partial charge >= 0.3 is 0 Å². The van der Waals surface area contributed by atoms with E-state index in [-0.39, 0.29) is 5.91 Å². The van der Waals surface area contributed by atoms with Crippen LogP contribution in [0.4, 0.5) is 5.13 Å². The van der Waals surface area contributed by atoms with Gasteiger partial charge in [0.1, 0.15) is 10.6 Å². The maximum Gasteiger partial charge on any atom is 0.262 e. The Hall–Kier alpha value is -3.26. The first kappa shape index (κ1) is 15.3. The highest BCUT2D eigenvalue weighted by Gasteiger charge is 2.20. The Morgan fingerprint density at radius 3 is 2.52 bits per heavy atom. The van der Waals surface area contributed by atoms with Crippen LogP contribution in [0.1, 0.15) is 15.4 Å². The van der Waals surface area contributed by atoms with Crippen molar-refractivity contribution in [3.63, 3.8) is 0 Å². The maximum atomic E-state index is 12.7. The first-order chi connectivity index (χ1) is 12.2. The van der Waals surface area contributed by atoms with Gasteiger partial charge in [-0.2, -0.15) is 5.10 Å². The lowest BCUT2D eigenvalue weighted by atomic mass is 10.3. The Morgan fingerprint density at radius 2 is 1.84 bits per heavy atom. The Balaban J connectivity index is 1.78. The van der Waals surface area contributed by atoms with Crippen molar-refractivity contribution in [3.8, 4) is 11.5 Å². The van der Waals surface area contributed by atoms with Gasteiger partial charge in [0.25, 0.3) is 5.91 Å². The van der Waals surface area contributed by atoms with Crippen molar-refractivity contribution in [3.05, 3.63) is 71.6 Å². The summed E-state index contributed by atoms with van der Waals surface area (Å²) in [5.74, 6) is 0.386. The molecule has 1 N–H and O–H groups in total. The fourth-order valence-corrected chi connectivity index (χ4v) is 3.08. The predicted molar refractivity (Wildman–Crippen MR) is 95.5 cm³/mol. The van der Waals surface area contributed by atoms with Crippen LogP contribution in [0, 0.1) is 6.92 Å². The molecule has 0 fully saturated rings. The number of aromatic nitrogens is 5. The summed E-state index contributed by atoms with van der Waals surface area (Å²) in [6.07, 6.45) is 5.32. The summed E-state index contributed by atoms with van der Waals surface area (Å²) in [6.45, 7) is 1.84. The summed E-state index contributed by atoms with van der Waals surface area (Å²) < 4.78 is 3.60. The third-order valence-corrected chi connectivity index (χ3v) is 4.34. The van der Waals surface area contributed by atoms with E-state index < -0.39 is 0 Å². The van der Waals surface area contributed by atoms with Crippen LogP contribution in [0.25, 0.3) is 11.5 Å². The average Bonchev–Trinajstić information content (AvgIpc) is 3.35. The van der Waals surface area contributed by atoms with E-state index in [2.05, 4.69) is 20.6 Å². The van der Waals surface area contributed by atoms with E-state index in [9.17, 15) is 4.79 Å². The van der Waals surface area contributed by atoms with Crippen LogP contribution in [0.2, 0.25) is 0 Å². The fourth-order valence-electron chi connectivity index (χ4n) is 2.50. The van der Waals surface area contributed by atoms with Crippen molar-refractivity contribution in [1.82, 2.24) is 24.5 Å². The number of aryl methyl sites for hydroxylation is 1. The highest BCUT2D eigenvalue weighted by atomic mass is 32.1. The summed E-state index contributed by atoms with van der Waals surface area (Å²) in [5, 5.41) is 16.3. The minimum Gasteiger partial charge on any atom is -0.308 e. The van der Waals surface area contributed by atoms with Crippen molar-refractivity contribution < 1.29 is 4.79 Å². The molecule has 25 heavy (non-hydrogen) atoms. The highest BCUT2D eigenvalue weighted by molar-refractivity contribution is 7.15. The monoisotopic (exact) mass is 350 g/mol. The third kappa shape index (κ3) is 2.94. The van der Waals surface area contributed by atoms with Gasteiger partial charge in [0.05, 0.1) is 11.9 Å². The zero-order chi connectivity index (χ0) is 17.2. The molecule has 0 unspecified atom stereocenters. The van der Waals surface area contributed by atoms with E-state index >= 15 is 0 Å². The van der Waals surface area contributed by atoms with Gasteiger partial charge in [-0.3, -0.25) is 10.1 Å². The van der Waals surface area contributed by atoms with E-state index in [1.165, 1.54) is 11.3 Å². The van der Waals surface area contributed by atoms with Gasteiger partial charge in [-0.15, -0.1) is 10.2 Å². The van der Waals surface area contributed by atoms with E-state index in [1.54, 1.807) is 10.9 Å². The Labute approximate surface area is 147 Å². The van der Waals surface area contributed by atoms with E-state index in [0.717, 1.165) is 10.7 Å². The molecule has 0 aliphatic rings. The number of anilines is 1. The van der Waals surface area contributed by atoms with Gasteiger partial charge in [-0.05, 0) is 31.2 Å². The number of nitrogens with one attached hydrogen (secondary N) is 1. The number of amides is 1. The lowest BCUT2D eigenvalue weighted by Gasteiger charge is -2.10. The molecule has 0 radical (unpaired) electrons. The Morgan fingerprint density at radius 1 is 1.08 bits per heavy atom. The van der Waals surface area contributed by atoms with Gasteiger partial charge in [0.2, 0.25) is 5.13 Å². The number of rotatable bonds is 4. The lowest BCUT2D eigenvalue weighted by Crippen LogP contribution is -2.15. The molecule has 0 saturated carbocycles. The van der Waals surface area contributed by atoms with Crippen LogP contribution < -0.4 is 5.32 Å². The van der Waals surface area contributed by atoms with E-state index in [0.29, 0.717) is 16.5 Å². The van der Waals surface area contributed by atoms with Crippen molar-refractivity contribution in [1.29, 1.82) is 0 Å². The van der Waals surface area contributed by atoms with Crippen molar-refractivity contribution >= 4 is 22.4 Å². The quantitative estimate of drug-likeness (QED) is 0.613. The largest absolute Gasteiger partial charge is 0.308 e. The molecule has 124 valence electrons. The Kier molecular flexibility index (Phi) is 3.87. The number of carbonyl (C=O) groups excluding carboxylic acids is 1. The summed E-state index contributed by atoms with van der Waals surface area (Å²) >= 11 is 1.33.